The summed E-state index contributed by atoms with van der Waals surface area (Å²) >= 11 is 0. The molecule has 0 atom stereocenters. The quantitative estimate of drug-likeness (QED) is 0.662. The van der Waals surface area contributed by atoms with Gasteiger partial charge < -0.3 is 0 Å². The molecular formula is C15H16FN3. The molecule has 0 bridgehead atoms. The van der Waals surface area contributed by atoms with Gasteiger partial charge in [-0.1, -0.05) is 26.0 Å². The minimum atomic E-state index is -0.289. The summed E-state index contributed by atoms with van der Waals surface area (Å²) in [7, 11) is 0. The third-order valence-corrected chi connectivity index (χ3v) is 2.68. The van der Waals surface area contributed by atoms with Crippen molar-refractivity contribution in [3.8, 4) is 11.4 Å². The van der Waals surface area contributed by atoms with Crippen molar-refractivity contribution >= 4 is 5.65 Å². The summed E-state index contributed by atoms with van der Waals surface area (Å²) in [6, 6.07) is 10.4. The molecule has 3 aromatic rings. The minimum absolute atomic E-state index is 0.289. The fourth-order valence-corrected chi connectivity index (χ4v) is 1.82. The van der Waals surface area contributed by atoms with E-state index in [4.69, 9.17) is 0 Å². The Morgan fingerprint density at radius 3 is 2.53 bits per heavy atom. The first-order valence-corrected chi connectivity index (χ1v) is 6.32. The zero-order chi connectivity index (χ0) is 13.8. The van der Waals surface area contributed by atoms with Gasteiger partial charge in [0.15, 0.2) is 11.5 Å². The number of benzene rings is 1. The number of aryl methyl sites for hydroxylation is 1. The molecule has 2 aromatic heterocycles. The molecule has 0 saturated heterocycles. The van der Waals surface area contributed by atoms with E-state index in [0.29, 0.717) is 11.4 Å². The van der Waals surface area contributed by atoms with Crippen LogP contribution in [0, 0.1) is 12.7 Å². The second-order valence-corrected chi connectivity index (χ2v) is 3.94. The van der Waals surface area contributed by atoms with Gasteiger partial charge in [0.1, 0.15) is 5.82 Å². The lowest BCUT2D eigenvalue weighted by atomic mass is 10.2. The van der Waals surface area contributed by atoms with Crippen molar-refractivity contribution in [2.45, 2.75) is 20.8 Å². The molecule has 0 aliphatic rings. The van der Waals surface area contributed by atoms with E-state index in [1.54, 1.807) is 22.6 Å². The Labute approximate surface area is 111 Å². The maximum atomic E-state index is 13.7. The van der Waals surface area contributed by atoms with Crippen molar-refractivity contribution in [2.75, 3.05) is 0 Å². The molecule has 2 heterocycles. The molecule has 0 amide bonds. The molecule has 3 rings (SSSR count). The molecule has 0 radical (unpaired) electrons. The van der Waals surface area contributed by atoms with Crippen LogP contribution in [-0.4, -0.2) is 14.6 Å². The first kappa shape index (κ1) is 13.2. The lowest BCUT2D eigenvalue weighted by Gasteiger charge is -2.01. The summed E-state index contributed by atoms with van der Waals surface area (Å²) in [4.78, 5) is 0. The zero-order valence-corrected chi connectivity index (χ0v) is 11.3. The van der Waals surface area contributed by atoms with E-state index in [-0.39, 0.29) is 5.82 Å². The van der Waals surface area contributed by atoms with Gasteiger partial charge >= 0.3 is 0 Å². The summed E-state index contributed by atoms with van der Waals surface area (Å²) in [6.07, 6.45) is 1.85. The third kappa shape index (κ3) is 2.47. The van der Waals surface area contributed by atoms with E-state index in [0.717, 1.165) is 11.2 Å². The van der Waals surface area contributed by atoms with Crippen LogP contribution in [0.4, 0.5) is 4.39 Å². The molecule has 0 fully saturated rings. The standard InChI is InChI=1S/C13H10FN3.C2H6/c1-9-6-7-17-12(8-9)15-16-13(17)10-4-2-3-5-11(10)14;1-2/h2-8H,1H3;1-2H3. The monoisotopic (exact) mass is 257 g/mol. The summed E-state index contributed by atoms with van der Waals surface area (Å²) in [6.45, 7) is 5.98. The van der Waals surface area contributed by atoms with Gasteiger partial charge in [0, 0.05) is 6.20 Å². The van der Waals surface area contributed by atoms with Gasteiger partial charge in [0.25, 0.3) is 0 Å². The van der Waals surface area contributed by atoms with Gasteiger partial charge in [-0.2, -0.15) is 0 Å². The first-order chi connectivity index (χ1) is 9.25. The van der Waals surface area contributed by atoms with Gasteiger partial charge in [-0.15, -0.1) is 10.2 Å². The van der Waals surface area contributed by atoms with Crippen molar-refractivity contribution in [3.05, 3.63) is 54.0 Å². The predicted molar refractivity (Wildman–Crippen MR) is 74.5 cm³/mol. The van der Waals surface area contributed by atoms with Gasteiger partial charge in [-0.3, -0.25) is 4.40 Å². The lowest BCUT2D eigenvalue weighted by Crippen LogP contribution is -1.92. The minimum Gasteiger partial charge on any atom is -0.282 e. The van der Waals surface area contributed by atoms with Crippen LogP contribution in [0.1, 0.15) is 19.4 Å². The van der Waals surface area contributed by atoms with Gasteiger partial charge in [-0.05, 0) is 36.8 Å². The third-order valence-electron chi connectivity index (χ3n) is 2.68. The Morgan fingerprint density at radius 2 is 1.79 bits per heavy atom. The maximum Gasteiger partial charge on any atom is 0.171 e. The SMILES string of the molecule is CC.Cc1ccn2c(-c3ccccc3F)nnc2c1. The Morgan fingerprint density at radius 1 is 1.05 bits per heavy atom. The largest absolute Gasteiger partial charge is 0.282 e. The van der Waals surface area contributed by atoms with Crippen LogP contribution in [0.5, 0.6) is 0 Å². The maximum absolute atomic E-state index is 13.7. The molecule has 0 aliphatic heterocycles. The van der Waals surface area contributed by atoms with Crippen molar-refractivity contribution in [1.82, 2.24) is 14.6 Å². The van der Waals surface area contributed by atoms with Crippen LogP contribution < -0.4 is 0 Å². The Balaban J connectivity index is 0.000000637. The molecule has 4 heteroatoms. The van der Waals surface area contributed by atoms with E-state index >= 15 is 0 Å². The molecule has 19 heavy (non-hydrogen) atoms. The topological polar surface area (TPSA) is 30.2 Å². The van der Waals surface area contributed by atoms with Crippen molar-refractivity contribution < 1.29 is 4.39 Å². The normalized spacial score (nSPS) is 10.1. The van der Waals surface area contributed by atoms with Gasteiger partial charge in [0.2, 0.25) is 0 Å². The summed E-state index contributed by atoms with van der Waals surface area (Å²) in [5.41, 5.74) is 2.29. The smallest absolute Gasteiger partial charge is 0.171 e. The highest BCUT2D eigenvalue weighted by Gasteiger charge is 2.11. The van der Waals surface area contributed by atoms with Crippen LogP contribution in [-0.2, 0) is 0 Å². The molecule has 98 valence electrons. The number of fused-ring (bicyclic) bond motifs is 1. The second kappa shape index (κ2) is 5.61. The summed E-state index contributed by atoms with van der Waals surface area (Å²) < 4.78 is 15.5. The zero-order valence-electron chi connectivity index (χ0n) is 11.3. The average molecular weight is 257 g/mol. The van der Waals surface area contributed by atoms with E-state index in [2.05, 4.69) is 10.2 Å². The second-order valence-electron chi connectivity index (χ2n) is 3.94. The van der Waals surface area contributed by atoms with E-state index in [1.807, 2.05) is 39.1 Å². The highest BCUT2D eigenvalue weighted by molar-refractivity contribution is 5.60. The molecule has 0 unspecified atom stereocenters. The number of rotatable bonds is 1. The number of hydrogen-bond donors (Lipinski definition) is 0. The Hall–Kier alpha value is -2.23. The highest BCUT2D eigenvalue weighted by Crippen LogP contribution is 2.21. The van der Waals surface area contributed by atoms with Crippen molar-refractivity contribution in [3.63, 3.8) is 0 Å². The number of nitrogens with zero attached hydrogens (tertiary/aromatic N) is 3. The van der Waals surface area contributed by atoms with E-state index < -0.39 is 0 Å². The lowest BCUT2D eigenvalue weighted by molar-refractivity contribution is 0.629. The van der Waals surface area contributed by atoms with Crippen LogP contribution in [0.15, 0.2) is 42.6 Å². The molecule has 0 aliphatic carbocycles. The fraction of sp³-hybridized carbons (Fsp3) is 0.200. The Kier molecular flexibility index (Phi) is 3.90. The predicted octanol–water partition coefficient (Wildman–Crippen LogP) is 3.87. The average Bonchev–Trinajstić information content (AvgIpc) is 2.84. The molecule has 0 spiro atoms. The number of halogens is 1. The van der Waals surface area contributed by atoms with Crippen LogP contribution in [0.2, 0.25) is 0 Å². The molecule has 1 aromatic carbocycles. The molecular weight excluding hydrogens is 241 g/mol. The Bertz CT molecular complexity index is 689. The number of hydrogen-bond acceptors (Lipinski definition) is 2. The molecule has 0 saturated carbocycles. The van der Waals surface area contributed by atoms with Gasteiger partial charge in [-0.25, -0.2) is 4.39 Å². The number of aromatic nitrogens is 3. The van der Waals surface area contributed by atoms with Crippen LogP contribution >= 0.6 is 0 Å². The number of pyridine rings is 1. The van der Waals surface area contributed by atoms with Crippen molar-refractivity contribution in [2.24, 2.45) is 0 Å². The highest BCUT2D eigenvalue weighted by atomic mass is 19.1. The molecule has 3 nitrogen and oxygen atoms in total. The molecule has 0 N–H and O–H groups in total. The van der Waals surface area contributed by atoms with E-state index in [1.165, 1.54) is 6.07 Å². The van der Waals surface area contributed by atoms with Crippen LogP contribution in [0.25, 0.3) is 17.0 Å². The fourth-order valence-electron chi connectivity index (χ4n) is 1.82. The van der Waals surface area contributed by atoms with Crippen LogP contribution in [0.3, 0.4) is 0 Å². The first-order valence-electron chi connectivity index (χ1n) is 6.32. The summed E-state index contributed by atoms with van der Waals surface area (Å²) in [5, 5.41) is 8.08. The van der Waals surface area contributed by atoms with Gasteiger partial charge in [0.05, 0.1) is 5.56 Å². The van der Waals surface area contributed by atoms with E-state index in [9.17, 15) is 4.39 Å². The van der Waals surface area contributed by atoms with Crippen molar-refractivity contribution in [1.29, 1.82) is 0 Å². The summed E-state index contributed by atoms with van der Waals surface area (Å²) in [5.74, 6) is 0.237.